The molecule has 0 saturated heterocycles. The Hall–Kier alpha value is -1.88. The summed E-state index contributed by atoms with van der Waals surface area (Å²) in [6, 6.07) is 10.2. The van der Waals surface area contributed by atoms with Crippen molar-refractivity contribution in [2.75, 3.05) is 0 Å². The average molecular weight is 350 g/mol. The molecule has 5 heteroatoms. The molecular weight excluding hydrogens is 334 g/mol. The van der Waals surface area contributed by atoms with Crippen LogP contribution in [0.2, 0.25) is 0 Å². The van der Waals surface area contributed by atoms with Gasteiger partial charge in [-0.3, -0.25) is 4.79 Å². The van der Waals surface area contributed by atoms with E-state index in [-0.39, 0.29) is 11.8 Å². The molecule has 0 unspecified atom stereocenters. The topological polar surface area (TPSA) is 66.4 Å². The Morgan fingerprint density at radius 1 is 1.10 bits per heavy atom. The molecule has 0 aliphatic rings. The van der Waals surface area contributed by atoms with E-state index in [0.717, 1.165) is 15.2 Å². The number of carbonyl (C=O) groups excluding carboxylic acids is 1. The molecule has 2 rings (SSSR count). The van der Waals surface area contributed by atoms with Gasteiger partial charge in [0, 0.05) is 10.0 Å². The standard InChI is InChI=1S/C16H16BrNO3/c1-9(2)14(16(20)21)18-15(19)12-4-3-11-8-13(17)6-5-10(11)7-12/h3-9,14H,1-2H3,(H,18,19)(H,20,21)/t14-/m0/s1. The lowest BCUT2D eigenvalue weighted by atomic mass is 10.0. The molecule has 2 N–H and O–H groups in total. The molecule has 0 saturated carbocycles. The fraction of sp³-hybridized carbons (Fsp3) is 0.250. The molecule has 1 amide bonds. The van der Waals surface area contributed by atoms with Gasteiger partial charge in [-0.05, 0) is 41.0 Å². The van der Waals surface area contributed by atoms with Crippen molar-refractivity contribution in [1.29, 1.82) is 0 Å². The van der Waals surface area contributed by atoms with Crippen LogP contribution >= 0.6 is 15.9 Å². The van der Waals surface area contributed by atoms with Gasteiger partial charge in [0.25, 0.3) is 5.91 Å². The van der Waals surface area contributed by atoms with Crippen LogP contribution in [0.25, 0.3) is 10.8 Å². The van der Waals surface area contributed by atoms with Gasteiger partial charge >= 0.3 is 5.97 Å². The Bertz CT molecular complexity index is 697. The van der Waals surface area contributed by atoms with Gasteiger partial charge in [0.05, 0.1) is 0 Å². The molecule has 110 valence electrons. The predicted octanol–water partition coefficient (Wildman–Crippen LogP) is 3.44. The van der Waals surface area contributed by atoms with Gasteiger partial charge in [-0.15, -0.1) is 0 Å². The van der Waals surface area contributed by atoms with E-state index in [2.05, 4.69) is 21.2 Å². The van der Waals surface area contributed by atoms with E-state index < -0.39 is 12.0 Å². The van der Waals surface area contributed by atoms with Gasteiger partial charge in [-0.2, -0.15) is 0 Å². The van der Waals surface area contributed by atoms with Gasteiger partial charge < -0.3 is 10.4 Å². The first kappa shape index (κ1) is 15.5. The van der Waals surface area contributed by atoms with Crippen molar-refractivity contribution in [3.8, 4) is 0 Å². The third-order valence-corrected chi connectivity index (χ3v) is 3.78. The number of rotatable bonds is 4. The van der Waals surface area contributed by atoms with E-state index >= 15 is 0 Å². The van der Waals surface area contributed by atoms with Crippen molar-refractivity contribution >= 4 is 38.6 Å². The minimum absolute atomic E-state index is 0.178. The largest absolute Gasteiger partial charge is 0.480 e. The molecular formula is C16H16BrNO3. The Labute approximate surface area is 131 Å². The highest BCUT2D eigenvalue weighted by Gasteiger charge is 2.23. The van der Waals surface area contributed by atoms with E-state index in [1.807, 2.05) is 24.3 Å². The van der Waals surface area contributed by atoms with Crippen molar-refractivity contribution in [3.05, 3.63) is 46.4 Å². The SMILES string of the molecule is CC(C)[C@H](NC(=O)c1ccc2cc(Br)ccc2c1)C(=O)O. The first-order valence-electron chi connectivity index (χ1n) is 6.61. The van der Waals surface area contributed by atoms with Gasteiger partial charge in [0.2, 0.25) is 0 Å². The van der Waals surface area contributed by atoms with E-state index in [0.29, 0.717) is 5.56 Å². The second kappa shape index (κ2) is 6.26. The summed E-state index contributed by atoms with van der Waals surface area (Å²) in [5.74, 6) is -1.58. The van der Waals surface area contributed by atoms with Crippen LogP contribution in [0.15, 0.2) is 40.9 Å². The Morgan fingerprint density at radius 3 is 2.33 bits per heavy atom. The molecule has 0 fully saturated rings. The average Bonchev–Trinajstić information content (AvgIpc) is 2.43. The molecule has 0 bridgehead atoms. The number of hydrogen-bond donors (Lipinski definition) is 2. The zero-order valence-electron chi connectivity index (χ0n) is 11.8. The van der Waals surface area contributed by atoms with E-state index in [9.17, 15) is 9.59 Å². The highest BCUT2D eigenvalue weighted by molar-refractivity contribution is 9.10. The van der Waals surface area contributed by atoms with E-state index in [1.54, 1.807) is 26.0 Å². The number of carboxylic acids is 1. The maximum absolute atomic E-state index is 12.2. The Balaban J connectivity index is 2.27. The maximum atomic E-state index is 12.2. The molecule has 2 aromatic rings. The molecule has 0 heterocycles. The third kappa shape index (κ3) is 3.61. The summed E-state index contributed by atoms with van der Waals surface area (Å²) in [4.78, 5) is 23.3. The number of amides is 1. The zero-order valence-corrected chi connectivity index (χ0v) is 13.3. The molecule has 1 atom stereocenters. The highest BCUT2D eigenvalue weighted by atomic mass is 79.9. The number of halogens is 1. The number of benzene rings is 2. The highest BCUT2D eigenvalue weighted by Crippen LogP contribution is 2.21. The van der Waals surface area contributed by atoms with Crippen molar-refractivity contribution in [2.24, 2.45) is 5.92 Å². The van der Waals surface area contributed by atoms with Crippen LogP contribution in [0.3, 0.4) is 0 Å². The van der Waals surface area contributed by atoms with Crippen LogP contribution in [-0.4, -0.2) is 23.0 Å². The lowest BCUT2D eigenvalue weighted by Crippen LogP contribution is -2.44. The van der Waals surface area contributed by atoms with Gasteiger partial charge in [-0.25, -0.2) is 4.79 Å². The fourth-order valence-corrected chi connectivity index (χ4v) is 2.47. The molecule has 0 spiro atoms. The van der Waals surface area contributed by atoms with Crippen LogP contribution < -0.4 is 5.32 Å². The first-order valence-corrected chi connectivity index (χ1v) is 7.41. The number of fused-ring (bicyclic) bond motifs is 1. The summed E-state index contributed by atoms with van der Waals surface area (Å²) >= 11 is 3.40. The monoisotopic (exact) mass is 349 g/mol. The Kier molecular flexibility index (Phi) is 4.63. The van der Waals surface area contributed by atoms with Crippen LogP contribution in [-0.2, 0) is 4.79 Å². The van der Waals surface area contributed by atoms with Gasteiger partial charge in [0.1, 0.15) is 6.04 Å². The summed E-state index contributed by atoms with van der Waals surface area (Å²) in [5.41, 5.74) is 0.455. The van der Waals surface area contributed by atoms with Crippen LogP contribution in [0.5, 0.6) is 0 Å². The second-order valence-electron chi connectivity index (χ2n) is 5.24. The smallest absolute Gasteiger partial charge is 0.326 e. The summed E-state index contributed by atoms with van der Waals surface area (Å²) in [5, 5.41) is 13.6. The second-order valence-corrected chi connectivity index (χ2v) is 6.16. The molecule has 4 nitrogen and oxygen atoms in total. The van der Waals surface area contributed by atoms with E-state index in [4.69, 9.17) is 5.11 Å². The minimum atomic E-state index is -1.02. The third-order valence-electron chi connectivity index (χ3n) is 3.28. The zero-order chi connectivity index (χ0) is 15.6. The maximum Gasteiger partial charge on any atom is 0.326 e. The van der Waals surface area contributed by atoms with Crippen molar-refractivity contribution in [3.63, 3.8) is 0 Å². The van der Waals surface area contributed by atoms with Crippen molar-refractivity contribution in [2.45, 2.75) is 19.9 Å². The number of aliphatic carboxylic acids is 1. The number of nitrogens with one attached hydrogen (secondary N) is 1. The number of hydrogen-bond acceptors (Lipinski definition) is 2. The summed E-state index contributed by atoms with van der Waals surface area (Å²) in [7, 11) is 0. The molecule has 0 aliphatic carbocycles. The van der Waals surface area contributed by atoms with Crippen LogP contribution in [0.4, 0.5) is 0 Å². The van der Waals surface area contributed by atoms with E-state index in [1.165, 1.54) is 0 Å². The lowest BCUT2D eigenvalue weighted by Gasteiger charge is -2.18. The molecule has 21 heavy (non-hydrogen) atoms. The molecule has 2 aromatic carbocycles. The van der Waals surface area contributed by atoms with Crippen molar-refractivity contribution < 1.29 is 14.7 Å². The Morgan fingerprint density at radius 2 is 1.71 bits per heavy atom. The molecule has 0 radical (unpaired) electrons. The normalized spacial score (nSPS) is 12.4. The molecule has 0 aliphatic heterocycles. The fourth-order valence-electron chi connectivity index (χ4n) is 2.10. The summed E-state index contributed by atoms with van der Waals surface area (Å²) in [6.45, 7) is 3.52. The van der Waals surface area contributed by atoms with Gasteiger partial charge in [-0.1, -0.05) is 41.9 Å². The summed E-state index contributed by atoms with van der Waals surface area (Å²) < 4.78 is 0.970. The van der Waals surface area contributed by atoms with Crippen molar-refractivity contribution in [1.82, 2.24) is 5.32 Å². The first-order chi connectivity index (χ1) is 9.88. The van der Waals surface area contributed by atoms with Crippen LogP contribution in [0.1, 0.15) is 24.2 Å². The van der Waals surface area contributed by atoms with Gasteiger partial charge in [0.15, 0.2) is 0 Å². The summed E-state index contributed by atoms with van der Waals surface area (Å²) in [6.07, 6.45) is 0. The quantitative estimate of drug-likeness (QED) is 0.888. The molecule has 0 aromatic heterocycles. The lowest BCUT2D eigenvalue weighted by molar-refractivity contribution is -0.140. The number of carboxylic acid groups (broad SMARTS) is 1. The van der Waals surface area contributed by atoms with Crippen LogP contribution in [0, 0.1) is 5.92 Å². The number of carbonyl (C=O) groups is 2. The minimum Gasteiger partial charge on any atom is -0.480 e. The predicted molar refractivity (Wildman–Crippen MR) is 85.4 cm³/mol.